The number of carboxylic acids is 3. The molecule has 0 heterocycles. The molecule has 14 heteroatoms. The fraction of sp³-hybridized carbons (Fsp3) is 0.750. The topological polar surface area (TPSA) is 199 Å². The van der Waals surface area contributed by atoms with Crippen molar-refractivity contribution in [1.82, 2.24) is 14.7 Å². The maximum atomic E-state index is 9.77. The summed E-state index contributed by atoms with van der Waals surface area (Å²) < 4.78 is 8.88. The first-order chi connectivity index (χ1) is 11.4. The van der Waals surface area contributed by atoms with E-state index in [4.69, 9.17) is 34.6 Å². The van der Waals surface area contributed by atoms with Gasteiger partial charge in [0.25, 0.3) is 0 Å². The third-order valence-corrected chi connectivity index (χ3v) is 1.35. The number of hydrogen-bond acceptors (Lipinski definition) is 7. The van der Waals surface area contributed by atoms with Gasteiger partial charge in [0.1, 0.15) is 0 Å². The van der Waals surface area contributed by atoms with Crippen LogP contribution in [0.3, 0.4) is 0 Å². The van der Waals surface area contributed by atoms with Gasteiger partial charge in [-0.15, -0.1) is 0 Å². The lowest BCUT2D eigenvalue weighted by Crippen LogP contribution is -2.20. The Morgan fingerprint density at radius 3 is 0.731 bits per heavy atom. The van der Waals surface area contributed by atoms with Gasteiger partial charge in [-0.1, -0.05) is 0 Å². The maximum absolute atomic E-state index is 9.77. The molecule has 0 aliphatic rings. The van der Waals surface area contributed by atoms with Gasteiger partial charge in [0.05, 0.1) is 19.6 Å². The SMILES string of the molecule is CN(C)CC(=O)O.CN(C)CC(=O)O.CN(C)CC(=O)O.O=P(O)(O)O. The van der Waals surface area contributed by atoms with Crippen LogP contribution in [0.4, 0.5) is 0 Å². The zero-order valence-corrected chi connectivity index (χ0v) is 16.6. The van der Waals surface area contributed by atoms with E-state index in [1.165, 1.54) is 0 Å². The molecule has 0 unspecified atom stereocenters. The molecular weight excluding hydrogens is 377 g/mol. The predicted molar refractivity (Wildman–Crippen MR) is 92.8 cm³/mol. The Kier molecular flexibility index (Phi) is 22.5. The Morgan fingerprint density at radius 1 is 0.615 bits per heavy atom. The Morgan fingerprint density at radius 2 is 0.731 bits per heavy atom. The highest BCUT2D eigenvalue weighted by Crippen LogP contribution is 2.25. The van der Waals surface area contributed by atoms with Crippen LogP contribution >= 0.6 is 7.82 Å². The number of aliphatic carboxylic acids is 3. The molecule has 13 nitrogen and oxygen atoms in total. The molecule has 0 fully saturated rings. The van der Waals surface area contributed by atoms with Crippen molar-refractivity contribution in [2.24, 2.45) is 0 Å². The minimum Gasteiger partial charge on any atom is -0.480 e. The maximum Gasteiger partial charge on any atom is 0.466 e. The van der Waals surface area contributed by atoms with Crippen molar-refractivity contribution in [3.05, 3.63) is 0 Å². The van der Waals surface area contributed by atoms with Crippen molar-refractivity contribution < 1.29 is 48.9 Å². The summed E-state index contributed by atoms with van der Waals surface area (Å²) in [5.74, 6) is -2.36. The van der Waals surface area contributed by atoms with Gasteiger partial charge in [-0.25, -0.2) is 4.57 Å². The van der Waals surface area contributed by atoms with E-state index in [0.29, 0.717) is 0 Å². The summed E-state index contributed by atoms with van der Waals surface area (Å²) in [7, 11) is 5.66. The number of rotatable bonds is 6. The lowest BCUT2D eigenvalue weighted by Gasteiger charge is -2.01. The third kappa shape index (κ3) is 94.8. The highest BCUT2D eigenvalue weighted by atomic mass is 31.2. The molecule has 26 heavy (non-hydrogen) atoms. The molecule has 0 bridgehead atoms. The second-order valence-corrected chi connectivity index (χ2v) is 6.43. The number of carboxylic acid groups (broad SMARTS) is 3. The van der Waals surface area contributed by atoms with Gasteiger partial charge < -0.3 is 30.0 Å². The fourth-order valence-electron chi connectivity index (χ4n) is 0.812. The van der Waals surface area contributed by atoms with Gasteiger partial charge >= 0.3 is 25.7 Å². The summed E-state index contributed by atoms with van der Waals surface area (Å²) in [6.45, 7) is 0.333. The van der Waals surface area contributed by atoms with Crippen molar-refractivity contribution in [2.45, 2.75) is 0 Å². The van der Waals surface area contributed by atoms with E-state index < -0.39 is 25.7 Å². The van der Waals surface area contributed by atoms with E-state index in [9.17, 15) is 14.4 Å². The summed E-state index contributed by atoms with van der Waals surface area (Å²) >= 11 is 0. The molecule has 0 saturated heterocycles. The molecule has 0 radical (unpaired) electrons. The smallest absolute Gasteiger partial charge is 0.466 e. The van der Waals surface area contributed by atoms with Crippen LogP contribution in [0.5, 0.6) is 0 Å². The summed E-state index contributed by atoms with van der Waals surface area (Å²) in [5.41, 5.74) is 0. The molecule has 0 aromatic carbocycles. The molecular formula is C12H30N3O10P. The molecule has 0 rings (SSSR count). The predicted octanol–water partition coefficient (Wildman–Crippen LogP) is -2.03. The highest BCUT2D eigenvalue weighted by Gasteiger charge is 2.00. The molecule has 6 N–H and O–H groups in total. The average Bonchev–Trinajstić information content (AvgIpc) is 2.20. The lowest BCUT2D eigenvalue weighted by atomic mass is 10.6. The van der Waals surface area contributed by atoms with Crippen LogP contribution in [0, 0.1) is 0 Å². The first-order valence-electron chi connectivity index (χ1n) is 6.76. The molecule has 158 valence electrons. The van der Waals surface area contributed by atoms with Crippen molar-refractivity contribution in [3.8, 4) is 0 Å². The zero-order chi connectivity index (χ0) is 22.1. The van der Waals surface area contributed by atoms with Crippen molar-refractivity contribution in [2.75, 3.05) is 61.9 Å². The van der Waals surface area contributed by atoms with E-state index in [1.54, 1.807) is 57.0 Å². The lowest BCUT2D eigenvalue weighted by molar-refractivity contribution is -0.138. The van der Waals surface area contributed by atoms with Gasteiger partial charge in [0.2, 0.25) is 0 Å². The Hall–Kier alpha value is -1.60. The Bertz CT molecular complexity index is 381. The van der Waals surface area contributed by atoms with Gasteiger partial charge in [0.15, 0.2) is 0 Å². The molecule has 0 aromatic heterocycles. The molecule has 0 atom stereocenters. The van der Waals surface area contributed by atoms with Gasteiger partial charge in [-0.2, -0.15) is 0 Å². The summed E-state index contributed by atoms with van der Waals surface area (Å²) in [5, 5.41) is 24.1. The Labute approximate surface area is 152 Å². The van der Waals surface area contributed by atoms with Crippen LogP contribution in [0.25, 0.3) is 0 Å². The van der Waals surface area contributed by atoms with E-state index >= 15 is 0 Å². The van der Waals surface area contributed by atoms with Crippen LogP contribution < -0.4 is 0 Å². The highest BCUT2D eigenvalue weighted by molar-refractivity contribution is 7.45. The number of phosphoric acid groups is 1. The van der Waals surface area contributed by atoms with Crippen molar-refractivity contribution in [1.29, 1.82) is 0 Å². The first kappa shape index (κ1) is 32.1. The molecule has 0 amide bonds. The van der Waals surface area contributed by atoms with Gasteiger partial charge in [-0.05, 0) is 42.3 Å². The molecule has 0 saturated carbocycles. The third-order valence-electron chi connectivity index (χ3n) is 1.35. The molecule has 0 spiro atoms. The standard InChI is InChI=1S/3C4H9NO2.H3O4P/c3*1-5(2)3-4(6)7;1-5(2,3)4/h3*3H2,1-2H3,(H,6,7);(H3,1,2,3,4). The van der Waals surface area contributed by atoms with E-state index in [-0.39, 0.29) is 19.6 Å². The second-order valence-electron chi connectivity index (χ2n) is 5.41. The number of carbonyl (C=O) groups is 3. The van der Waals surface area contributed by atoms with E-state index in [1.807, 2.05) is 0 Å². The first-order valence-corrected chi connectivity index (χ1v) is 8.32. The summed E-state index contributed by atoms with van der Waals surface area (Å²) in [6, 6.07) is 0. The Balaban J connectivity index is -0.000000125. The molecule has 0 aromatic rings. The number of nitrogens with zero attached hydrogens (tertiary/aromatic N) is 3. The van der Waals surface area contributed by atoms with Crippen molar-refractivity contribution >= 4 is 25.7 Å². The van der Waals surface area contributed by atoms with Crippen LogP contribution in [0.1, 0.15) is 0 Å². The molecule has 0 aliphatic heterocycles. The van der Waals surface area contributed by atoms with Gasteiger partial charge in [-0.3, -0.25) is 29.1 Å². The minimum atomic E-state index is -4.64. The van der Waals surface area contributed by atoms with Crippen LogP contribution in [0.15, 0.2) is 0 Å². The summed E-state index contributed by atoms with van der Waals surface area (Å²) in [6.07, 6.45) is 0. The number of likely N-dealkylation sites (N-methyl/N-ethyl adjacent to an activating group) is 3. The van der Waals surface area contributed by atoms with E-state index in [2.05, 4.69) is 0 Å². The van der Waals surface area contributed by atoms with E-state index in [0.717, 1.165) is 0 Å². The zero-order valence-electron chi connectivity index (χ0n) is 15.7. The summed E-state index contributed by atoms with van der Waals surface area (Å²) in [4.78, 5) is 55.7. The van der Waals surface area contributed by atoms with Crippen LogP contribution in [0.2, 0.25) is 0 Å². The largest absolute Gasteiger partial charge is 0.480 e. The normalized spacial score (nSPS) is 10.0. The monoisotopic (exact) mass is 407 g/mol. The second kappa shape index (κ2) is 18.2. The van der Waals surface area contributed by atoms with Crippen LogP contribution in [-0.2, 0) is 18.9 Å². The average molecular weight is 407 g/mol. The molecule has 0 aliphatic carbocycles. The quantitative estimate of drug-likeness (QED) is 0.264. The van der Waals surface area contributed by atoms with Gasteiger partial charge in [0, 0.05) is 0 Å². The minimum absolute atomic E-state index is 0.111. The van der Waals surface area contributed by atoms with Crippen LogP contribution in [-0.4, -0.2) is 125 Å². The van der Waals surface area contributed by atoms with Crippen molar-refractivity contribution in [3.63, 3.8) is 0 Å². The number of hydrogen-bond donors (Lipinski definition) is 6. The fourth-order valence-corrected chi connectivity index (χ4v) is 0.812.